The first-order chi connectivity index (χ1) is 14.1. The van der Waals surface area contributed by atoms with E-state index < -0.39 is 0 Å². The van der Waals surface area contributed by atoms with Crippen LogP contribution in [-0.4, -0.2) is 38.4 Å². The number of methoxy groups -OCH3 is 1. The summed E-state index contributed by atoms with van der Waals surface area (Å²) in [5.74, 6) is 1.91. The van der Waals surface area contributed by atoms with E-state index in [-0.39, 0.29) is 5.56 Å². The molecule has 0 aromatic carbocycles. The number of hydrogen-bond acceptors (Lipinski definition) is 8. The van der Waals surface area contributed by atoms with Gasteiger partial charge in [0.25, 0.3) is 5.56 Å². The van der Waals surface area contributed by atoms with E-state index in [9.17, 15) is 4.79 Å². The van der Waals surface area contributed by atoms with Crippen molar-refractivity contribution < 1.29 is 9.47 Å². The first kappa shape index (κ1) is 18.9. The largest absolute Gasteiger partial charge is 0.495 e. The van der Waals surface area contributed by atoms with Gasteiger partial charge in [0.05, 0.1) is 38.3 Å². The van der Waals surface area contributed by atoms with Crippen LogP contribution in [0.5, 0.6) is 11.6 Å². The lowest BCUT2D eigenvalue weighted by Crippen LogP contribution is -2.24. The maximum Gasteiger partial charge on any atom is 0.290 e. The number of rotatable bonds is 8. The van der Waals surface area contributed by atoms with Gasteiger partial charge in [-0.05, 0) is 18.6 Å². The smallest absolute Gasteiger partial charge is 0.290 e. The first-order valence-electron chi connectivity index (χ1n) is 9.34. The Bertz CT molecular complexity index is 1020. The average Bonchev–Trinajstić information content (AvgIpc) is 3.54. The van der Waals surface area contributed by atoms with E-state index in [0.29, 0.717) is 36.6 Å². The maximum absolute atomic E-state index is 12.3. The molecule has 29 heavy (non-hydrogen) atoms. The number of hydrogen-bond donors (Lipinski definition) is 1. The van der Waals surface area contributed by atoms with E-state index in [1.54, 1.807) is 45.0 Å². The molecule has 1 saturated carbocycles. The molecule has 2 atom stereocenters. The predicted molar refractivity (Wildman–Crippen MR) is 106 cm³/mol. The predicted octanol–water partition coefficient (Wildman–Crippen LogP) is 1.77. The lowest BCUT2D eigenvalue weighted by atomic mass is 10.2. The van der Waals surface area contributed by atoms with Gasteiger partial charge in [0.2, 0.25) is 5.88 Å². The van der Waals surface area contributed by atoms with Crippen molar-refractivity contribution in [2.24, 2.45) is 13.0 Å². The molecule has 1 aliphatic carbocycles. The van der Waals surface area contributed by atoms with Crippen molar-refractivity contribution in [3.63, 3.8) is 0 Å². The summed E-state index contributed by atoms with van der Waals surface area (Å²) < 4.78 is 12.3. The second-order valence-electron chi connectivity index (χ2n) is 6.91. The van der Waals surface area contributed by atoms with E-state index in [0.717, 1.165) is 23.6 Å². The van der Waals surface area contributed by atoms with Gasteiger partial charge in [-0.25, -0.2) is 4.68 Å². The van der Waals surface area contributed by atoms with E-state index in [1.807, 2.05) is 12.1 Å². The molecule has 0 saturated heterocycles. The zero-order valence-electron chi connectivity index (χ0n) is 16.3. The second-order valence-corrected chi connectivity index (χ2v) is 6.91. The summed E-state index contributed by atoms with van der Waals surface area (Å²) in [5.41, 5.74) is 1.96. The third kappa shape index (κ3) is 4.50. The number of nitrogens with one attached hydrogen (secondary N) is 1. The van der Waals surface area contributed by atoms with Crippen LogP contribution in [0.15, 0.2) is 47.8 Å². The molecule has 0 aliphatic heterocycles. The quantitative estimate of drug-likeness (QED) is 0.616. The van der Waals surface area contributed by atoms with Crippen molar-refractivity contribution in [3.05, 3.63) is 64.7 Å². The topological polar surface area (TPSA) is 104 Å². The van der Waals surface area contributed by atoms with Crippen LogP contribution < -0.4 is 20.3 Å². The van der Waals surface area contributed by atoms with Crippen molar-refractivity contribution in [2.75, 3.05) is 19.0 Å². The van der Waals surface area contributed by atoms with Crippen LogP contribution in [0.2, 0.25) is 0 Å². The summed E-state index contributed by atoms with van der Waals surface area (Å²) in [6, 6.07) is 5.53. The molecule has 3 aromatic heterocycles. The third-order valence-electron chi connectivity index (χ3n) is 4.86. The SMILES string of the molecule is COc1ccc([C@H]2C[C@@H]2COc2cc(NCc3cnccn3)c(=O)n(C)n2)nc1. The minimum absolute atomic E-state index is 0.229. The van der Waals surface area contributed by atoms with Crippen LogP contribution in [0.25, 0.3) is 0 Å². The standard InChI is InChI=1S/C20H22N6O3/c1-26-20(27)18(23-10-14-9-21-5-6-22-14)8-19(25-26)29-12-13-7-16(13)17-4-3-15(28-2)11-24-17/h3-6,8-9,11,13,16,23H,7,10,12H2,1-2H3/t13-,16+/m1/s1. The summed E-state index contributed by atoms with van der Waals surface area (Å²) >= 11 is 0. The minimum atomic E-state index is -0.229. The van der Waals surface area contributed by atoms with Crippen LogP contribution in [0.3, 0.4) is 0 Å². The average molecular weight is 394 g/mol. The van der Waals surface area contributed by atoms with Gasteiger partial charge in [0.15, 0.2) is 0 Å². The van der Waals surface area contributed by atoms with Crippen LogP contribution in [0.4, 0.5) is 5.69 Å². The number of nitrogens with zero attached hydrogens (tertiary/aromatic N) is 5. The van der Waals surface area contributed by atoms with E-state index in [1.165, 1.54) is 4.68 Å². The van der Waals surface area contributed by atoms with Gasteiger partial charge in [-0.15, -0.1) is 5.10 Å². The number of anilines is 1. The lowest BCUT2D eigenvalue weighted by molar-refractivity contribution is 0.278. The summed E-state index contributed by atoms with van der Waals surface area (Å²) in [4.78, 5) is 25.0. The normalized spacial score (nSPS) is 17.6. The van der Waals surface area contributed by atoms with Gasteiger partial charge >= 0.3 is 0 Å². The highest BCUT2D eigenvalue weighted by Gasteiger charge is 2.40. The number of pyridine rings is 1. The lowest BCUT2D eigenvalue weighted by Gasteiger charge is -2.10. The van der Waals surface area contributed by atoms with Gasteiger partial charge in [-0.1, -0.05) is 0 Å². The highest BCUT2D eigenvalue weighted by molar-refractivity contribution is 5.43. The van der Waals surface area contributed by atoms with Gasteiger partial charge in [0.1, 0.15) is 11.4 Å². The molecule has 9 nitrogen and oxygen atoms in total. The minimum Gasteiger partial charge on any atom is -0.495 e. The summed E-state index contributed by atoms with van der Waals surface area (Å²) in [5, 5.41) is 7.27. The Morgan fingerprint density at radius 2 is 2.14 bits per heavy atom. The Hall–Kier alpha value is -3.49. The molecule has 0 unspecified atom stereocenters. The fourth-order valence-corrected chi connectivity index (χ4v) is 3.10. The molecule has 1 N–H and O–H groups in total. The monoisotopic (exact) mass is 394 g/mol. The zero-order chi connectivity index (χ0) is 20.2. The van der Waals surface area contributed by atoms with Crippen LogP contribution >= 0.6 is 0 Å². The Morgan fingerprint density at radius 3 is 2.86 bits per heavy atom. The fraction of sp³-hybridized carbons (Fsp3) is 0.350. The van der Waals surface area contributed by atoms with Gasteiger partial charge < -0.3 is 14.8 Å². The van der Waals surface area contributed by atoms with E-state index >= 15 is 0 Å². The zero-order valence-corrected chi connectivity index (χ0v) is 16.3. The first-order valence-corrected chi connectivity index (χ1v) is 9.34. The summed E-state index contributed by atoms with van der Waals surface area (Å²) in [6.45, 7) is 0.910. The van der Waals surface area contributed by atoms with Crippen molar-refractivity contribution in [1.29, 1.82) is 0 Å². The van der Waals surface area contributed by atoms with Gasteiger partial charge in [0, 0.05) is 43.0 Å². The Balaban J connectivity index is 1.36. The van der Waals surface area contributed by atoms with Crippen molar-refractivity contribution in [1.82, 2.24) is 24.7 Å². The van der Waals surface area contributed by atoms with Crippen LogP contribution in [-0.2, 0) is 13.6 Å². The van der Waals surface area contributed by atoms with Crippen LogP contribution in [0.1, 0.15) is 23.7 Å². The van der Waals surface area contributed by atoms with E-state index in [4.69, 9.17) is 9.47 Å². The Morgan fingerprint density at radius 1 is 1.24 bits per heavy atom. The molecule has 9 heteroatoms. The highest BCUT2D eigenvalue weighted by Crippen LogP contribution is 2.46. The number of ether oxygens (including phenoxy) is 2. The maximum atomic E-state index is 12.3. The molecule has 0 bridgehead atoms. The Labute approximate surface area is 167 Å². The van der Waals surface area contributed by atoms with Crippen molar-refractivity contribution in [3.8, 4) is 11.6 Å². The molecule has 150 valence electrons. The Kier molecular flexibility index (Phi) is 5.37. The molecule has 3 aromatic rings. The molecule has 3 heterocycles. The van der Waals surface area contributed by atoms with E-state index in [2.05, 4.69) is 25.4 Å². The molecular weight excluding hydrogens is 372 g/mol. The molecule has 0 spiro atoms. The highest BCUT2D eigenvalue weighted by atomic mass is 16.5. The molecule has 0 amide bonds. The number of aryl methyl sites for hydroxylation is 1. The van der Waals surface area contributed by atoms with Gasteiger partial charge in [-0.2, -0.15) is 0 Å². The molecule has 0 radical (unpaired) electrons. The second kappa shape index (κ2) is 8.26. The summed E-state index contributed by atoms with van der Waals surface area (Å²) in [7, 11) is 3.23. The number of aromatic nitrogens is 5. The van der Waals surface area contributed by atoms with Crippen molar-refractivity contribution in [2.45, 2.75) is 18.9 Å². The molecule has 4 rings (SSSR count). The van der Waals surface area contributed by atoms with Crippen molar-refractivity contribution >= 4 is 5.69 Å². The fourth-order valence-electron chi connectivity index (χ4n) is 3.10. The van der Waals surface area contributed by atoms with Gasteiger partial charge in [-0.3, -0.25) is 19.7 Å². The molecular formula is C20H22N6O3. The molecule has 1 fully saturated rings. The molecule has 1 aliphatic rings. The summed E-state index contributed by atoms with van der Waals surface area (Å²) in [6.07, 6.45) is 7.61. The van der Waals surface area contributed by atoms with Crippen LogP contribution in [0, 0.1) is 5.92 Å². The third-order valence-corrected chi connectivity index (χ3v) is 4.86.